The first-order valence-electron chi connectivity index (χ1n) is 5.94. The summed E-state index contributed by atoms with van der Waals surface area (Å²) in [7, 11) is 0. The predicted octanol–water partition coefficient (Wildman–Crippen LogP) is 1.94. The van der Waals surface area contributed by atoms with Gasteiger partial charge in [-0.2, -0.15) is 4.98 Å². The van der Waals surface area contributed by atoms with Crippen LogP contribution in [0.2, 0.25) is 0 Å². The van der Waals surface area contributed by atoms with Gasteiger partial charge in [-0.15, -0.1) is 0 Å². The summed E-state index contributed by atoms with van der Waals surface area (Å²) in [5.74, 6) is -1.09. The number of aromatic carboxylic acids is 1. The number of carboxylic acids is 1. The molecule has 0 aliphatic rings. The van der Waals surface area contributed by atoms with Crippen LogP contribution in [0.3, 0.4) is 0 Å². The van der Waals surface area contributed by atoms with E-state index in [0.29, 0.717) is 12.1 Å². The zero-order valence-corrected chi connectivity index (χ0v) is 10.8. The predicted molar refractivity (Wildman–Crippen MR) is 71.3 cm³/mol. The highest BCUT2D eigenvalue weighted by Gasteiger charge is 2.15. The van der Waals surface area contributed by atoms with Crippen molar-refractivity contribution in [1.82, 2.24) is 9.55 Å². The molecule has 0 spiro atoms. The molecule has 0 amide bonds. The molecule has 0 unspecified atom stereocenters. The van der Waals surface area contributed by atoms with Gasteiger partial charge in [0.2, 0.25) is 0 Å². The first-order valence-corrected chi connectivity index (χ1v) is 5.94. The summed E-state index contributed by atoms with van der Waals surface area (Å²) in [4.78, 5) is 26.9. The maximum absolute atomic E-state index is 11.7. The molecule has 5 nitrogen and oxygen atoms in total. The van der Waals surface area contributed by atoms with E-state index in [0.717, 1.165) is 5.56 Å². The van der Waals surface area contributed by atoms with Crippen LogP contribution in [0.15, 0.2) is 35.3 Å². The molecule has 0 aliphatic carbocycles. The minimum absolute atomic E-state index is 0.0327. The Balaban J connectivity index is 2.68. The van der Waals surface area contributed by atoms with E-state index < -0.39 is 11.7 Å². The first kappa shape index (κ1) is 13.0. The van der Waals surface area contributed by atoms with Crippen molar-refractivity contribution in [2.75, 3.05) is 0 Å². The van der Waals surface area contributed by atoms with Crippen molar-refractivity contribution in [3.63, 3.8) is 0 Å². The number of hydrogen-bond acceptors (Lipinski definition) is 3. The van der Waals surface area contributed by atoms with Gasteiger partial charge in [-0.1, -0.05) is 29.8 Å². The molecule has 1 N–H and O–H groups in total. The number of benzene rings is 1. The largest absolute Gasteiger partial charge is 0.478 e. The van der Waals surface area contributed by atoms with Crippen molar-refractivity contribution in [3.8, 4) is 11.3 Å². The quantitative estimate of drug-likeness (QED) is 0.913. The van der Waals surface area contributed by atoms with Gasteiger partial charge in [0.15, 0.2) is 0 Å². The van der Waals surface area contributed by atoms with E-state index in [1.165, 1.54) is 10.8 Å². The average molecular weight is 258 g/mol. The van der Waals surface area contributed by atoms with Crippen molar-refractivity contribution in [3.05, 3.63) is 52.1 Å². The monoisotopic (exact) mass is 258 g/mol. The fourth-order valence-electron chi connectivity index (χ4n) is 1.81. The topological polar surface area (TPSA) is 72.2 Å². The van der Waals surface area contributed by atoms with E-state index in [-0.39, 0.29) is 11.3 Å². The molecule has 0 aliphatic heterocycles. The normalized spacial score (nSPS) is 10.4. The fraction of sp³-hybridized carbons (Fsp3) is 0.214. The summed E-state index contributed by atoms with van der Waals surface area (Å²) >= 11 is 0. The Morgan fingerprint density at radius 3 is 2.47 bits per heavy atom. The second-order valence-electron chi connectivity index (χ2n) is 4.24. The number of nitrogens with zero attached hydrogens (tertiary/aromatic N) is 2. The van der Waals surface area contributed by atoms with Crippen molar-refractivity contribution < 1.29 is 9.90 Å². The summed E-state index contributed by atoms with van der Waals surface area (Å²) in [5, 5.41) is 9.24. The molecule has 0 atom stereocenters. The summed E-state index contributed by atoms with van der Waals surface area (Å²) in [6, 6.07) is 7.24. The highest BCUT2D eigenvalue weighted by molar-refractivity contribution is 5.94. The minimum Gasteiger partial charge on any atom is -0.478 e. The minimum atomic E-state index is -1.09. The molecule has 98 valence electrons. The Labute approximate surface area is 110 Å². The Hall–Kier alpha value is -2.43. The molecule has 0 saturated carbocycles. The third-order valence-electron chi connectivity index (χ3n) is 2.89. The molecule has 1 aromatic heterocycles. The number of rotatable bonds is 3. The molecule has 2 aromatic rings. The molecule has 0 bridgehead atoms. The number of hydrogen-bond donors (Lipinski definition) is 1. The van der Waals surface area contributed by atoms with Crippen LogP contribution in [0.4, 0.5) is 0 Å². The average Bonchev–Trinajstić information content (AvgIpc) is 2.39. The highest BCUT2D eigenvalue weighted by Crippen LogP contribution is 2.20. The van der Waals surface area contributed by atoms with Gasteiger partial charge in [-0.25, -0.2) is 9.59 Å². The van der Waals surface area contributed by atoms with Gasteiger partial charge in [-0.3, -0.25) is 4.57 Å². The zero-order chi connectivity index (χ0) is 14.0. The van der Waals surface area contributed by atoms with Gasteiger partial charge < -0.3 is 5.11 Å². The van der Waals surface area contributed by atoms with Crippen LogP contribution >= 0.6 is 0 Å². The van der Waals surface area contributed by atoms with Crippen LogP contribution in [0.5, 0.6) is 0 Å². The summed E-state index contributed by atoms with van der Waals surface area (Å²) in [6.07, 6.45) is 1.34. The number of carboxylic acid groups (broad SMARTS) is 1. The van der Waals surface area contributed by atoms with E-state index in [2.05, 4.69) is 4.98 Å². The smallest absolute Gasteiger partial charge is 0.348 e. The molecule has 0 fully saturated rings. The zero-order valence-electron chi connectivity index (χ0n) is 10.8. The lowest BCUT2D eigenvalue weighted by molar-refractivity contribution is 0.0696. The van der Waals surface area contributed by atoms with Crippen molar-refractivity contribution in [2.45, 2.75) is 20.4 Å². The molecule has 0 radical (unpaired) electrons. The van der Waals surface area contributed by atoms with Crippen LogP contribution in [0.1, 0.15) is 22.8 Å². The van der Waals surface area contributed by atoms with E-state index in [1.807, 2.05) is 19.1 Å². The third kappa shape index (κ3) is 2.54. The van der Waals surface area contributed by atoms with E-state index >= 15 is 0 Å². The molecular weight excluding hydrogens is 244 g/mol. The van der Waals surface area contributed by atoms with Gasteiger partial charge in [0.05, 0.1) is 5.69 Å². The number of aryl methyl sites for hydroxylation is 2. The van der Waals surface area contributed by atoms with Crippen molar-refractivity contribution in [1.29, 1.82) is 0 Å². The second kappa shape index (κ2) is 5.06. The van der Waals surface area contributed by atoms with Crippen LogP contribution < -0.4 is 5.69 Å². The molecule has 2 rings (SSSR count). The molecule has 5 heteroatoms. The summed E-state index contributed by atoms with van der Waals surface area (Å²) in [6.45, 7) is 4.09. The number of carbonyl (C=O) groups is 1. The van der Waals surface area contributed by atoms with E-state index in [9.17, 15) is 14.7 Å². The molecule has 19 heavy (non-hydrogen) atoms. The lowest BCUT2D eigenvalue weighted by atomic mass is 10.1. The van der Waals surface area contributed by atoms with Gasteiger partial charge in [0.1, 0.15) is 5.56 Å². The Morgan fingerprint density at radius 1 is 1.32 bits per heavy atom. The third-order valence-corrected chi connectivity index (χ3v) is 2.89. The van der Waals surface area contributed by atoms with E-state index in [4.69, 9.17) is 0 Å². The van der Waals surface area contributed by atoms with Crippen molar-refractivity contribution in [2.24, 2.45) is 0 Å². The molecule has 0 saturated heterocycles. The SMILES string of the molecule is CCn1cc(C(=O)O)c(-c2ccc(C)cc2)nc1=O. The van der Waals surface area contributed by atoms with Crippen LogP contribution in [0, 0.1) is 6.92 Å². The highest BCUT2D eigenvalue weighted by atomic mass is 16.4. The molecule has 1 aromatic carbocycles. The Bertz CT molecular complexity index is 672. The summed E-state index contributed by atoms with van der Waals surface area (Å²) < 4.78 is 1.28. The Kier molecular flexibility index (Phi) is 3.46. The fourth-order valence-corrected chi connectivity index (χ4v) is 1.81. The molecule has 1 heterocycles. The van der Waals surface area contributed by atoms with Gasteiger partial charge >= 0.3 is 11.7 Å². The lowest BCUT2D eigenvalue weighted by Gasteiger charge is -2.08. The van der Waals surface area contributed by atoms with E-state index in [1.54, 1.807) is 19.1 Å². The molecular formula is C14H14N2O3. The van der Waals surface area contributed by atoms with Crippen LogP contribution in [-0.4, -0.2) is 20.6 Å². The van der Waals surface area contributed by atoms with Crippen LogP contribution in [0.25, 0.3) is 11.3 Å². The second-order valence-corrected chi connectivity index (χ2v) is 4.24. The van der Waals surface area contributed by atoms with Crippen LogP contribution in [-0.2, 0) is 6.54 Å². The first-order chi connectivity index (χ1) is 9.02. The van der Waals surface area contributed by atoms with Crippen molar-refractivity contribution >= 4 is 5.97 Å². The van der Waals surface area contributed by atoms with Gasteiger partial charge in [0.25, 0.3) is 0 Å². The summed E-state index contributed by atoms with van der Waals surface area (Å²) in [5.41, 5.74) is 1.49. The Morgan fingerprint density at radius 2 is 1.95 bits per heavy atom. The van der Waals surface area contributed by atoms with Gasteiger partial charge in [-0.05, 0) is 13.8 Å². The number of aromatic nitrogens is 2. The maximum Gasteiger partial charge on any atom is 0.348 e. The lowest BCUT2D eigenvalue weighted by Crippen LogP contribution is -2.24. The van der Waals surface area contributed by atoms with Gasteiger partial charge in [0, 0.05) is 18.3 Å². The standard InChI is InChI=1S/C14H14N2O3/c1-3-16-8-11(13(17)18)12(15-14(16)19)10-6-4-9(2)5-7-10/h4-8H,3H2,1-2H3,(H,17,18). The maximum atomic E-state index is 11.7.